The summed E-state index contributed by atoms with van der Waals surface area (Å²) in [5, 5.41) is 0. The van der Waals surface area contributed by atoms with E-state index in [0.717, 1.165) is 12.1 Å². The Bertz CT molecular complexity index is 412. The molecule has 0 atom stereocenters. The van der Waals surface area contributed by atoms with Crippen molar-refractivity contribution >= 4 is 5.97 Å². The first-order valence-corrected chi connectivity index (χ1v) is 4.86. The maximum Gasteiger partial charge on any atom is 0.419 e. The van der Waals surface area contributed by atoms with Crippen LogP contribution >= 0.6 is 0 Å². The van der Waals surface area contributed by atoms with Crippen molar-refractivity contribution in [2.24, 2.45) is 0 Å². The quantitative estimate of drug-likeness (QED) is 0.609. The minimum atomic E-state index is -4.77. The van der Waals surface area contributed by atoms with E-state index in [1.165, 1.54) is 0 Å². The highest BCUT2D eigenvalue weighted by atomic mass is 19.4. The molecule has 0 heterocycles. The summed E-state index contributed by atoms with van der Waals surface area (Å²) in [6, 6.07) is 2.81. The molecule has 0 aliphatic heterocycles. The molecule has 0 amide bonds. The third-order valence-electron chi connectivity index (χ3n) is 2.02. The first-order chi connectivity index (χ1) is 7.86. The molecule has 0 fully saturated rings. The number of hydrogen-bond acceptors (Lipinski definition) is 2. The van der Waals surface area contributed by atoms with Crippen LogP contribution in [0.5, 0.6) is 0 Å². The molecule has 0 aromatic heterocycles. The number of alkyl halides is 3. The van der Waals surface area contributed by atoms with Gasteiger partial charge in [0.15, 0.2) is 0 Å². The van der Waals surface area contributed by atoms with Crippen molar-refractivity contribution in [3.63, 3.8) is 0 Å². The number of carbonyl (C=O) groups excluding carboxylic acids is 1. The maximum absolute atomic E-state index is 13.4. The molecule has 1 rings (SSSR count). The highest BCUT2D eigenvalue weighted by Crippen LogP contribution is 2.32. The fourth-order valence-corrected chi connectivity index (χ4v) is 1.30. The average molecular weight is 250 g/mol. The van der Waals surface area contributed by atoms with Crippen molar-refractivity contribution in [3.8, 4) is 0 Å². The summed E-state index contributed by atoms with van der Waals surface area (Å²) in [5.41, 5.74) is -1.70. The topological polar surface area (TPSA) is 26.3 Å². The summed E-state index contributed by atoms with van der Waals surface area (Å²) in [4.78, 5) is 11.1. The second-order valence-corrected chi connectivity index (χ2v) is 3.26. The zero-order chi connectivity index (χ0) is 13.1. The number of esters is 1. The monoisotopic (exact) mass is 250 g/mol. The van der Waals surface area contributed by atoms with E-state index in [1.807, 2.05) is 0 Å². The summed E-state index contributed by atoms with van der Waals surface area (Å²) in [6.07, 6.45) is -5.28. The Morgan fingerprint density at radius 2 is 2.00 bits per heavy atom. The molecule has 0 bridgehead atoms. The van der Waals surface area contributed by atoms with Gasteiger partial charge in [-0.1, -0.05) is 12.1 Å². The van der Waals surface area contributed by atoms with Gasteiger partial charge in [-0.3, -0.25) is 4.79 Å². The van der Waals surface area contributed by atoms with Gasteiger partial charge in [0.05, 0.1) is 18.6 Å². The number of benzene rings is 1. The molecule has 0 radical (unpaired) electrons. The van der Waals surface area contributed by atoms with Gasteiger partial charge < -0.3 is 4.74 Å². The fourth-order valence-electron chi connectivity index (χ4n) is 1.30. The SMILES string of the molecule is CCOC(=O)Cc1cccc(C(F)(F)F)c1F. The Labute approximate surface area is 95.2 Å². The van der Waals surface area contributed by atoms with E-state index >= 15 is 0 Å². The molecule has 0 aliphatic carbocycles. The second kappa shape index (κ2) is 5.16. The first kappa shape index (κ1) is 13.5. The van der Waals surface area contributed by atoms with Crippen LogP contribution < -0.4 is 0 Å². The van der Waals surface area contributed by atoms with Crippen LogP contribution in [0.4, 0.5) is 17.6 Å². The molecule has 17 heavy (non-hydrogen) atoms. The number of hydrogen-bond donors (Lipinski definition) is 0. The third-order valence-corrected chi connectivity index (χ3v) is 2.02. The van der Waals surface area contributed by atoms with E-state index in [4.69, 9.17) is 0 Å². The molecule has 1 aromatic carbocycles. The van der Waals surface area contributed by atoms with Crippen LogP contribution in [0, 0.1) is 5.82 Å². The van der Waals surface area contributed by atoms with Crippen molar-refractivity contribution in [2.75, 3.05) is 6.61 Å². The third kappa shape index (κ3) is 3.44. The number of rotatable bonds is 3. The van der Waals surface area contributed by atoms with Crippen LogP contribution in [-0.2, 0) is 22.1 Å². The molecule has 0 spiro atoms. The molecule has 0 N–H and O–H groups in total. The summed E-state index contributed by atoms with van der Waals surface area (Å²) >= 11 is 0. The standard InChI is InChI=1S/C11H10F4O2/c1-2-17-9(16)6-7-4-3-5-8(10(7)12)11(13,14)15/h3-5H,2,6H2,1H3. The lowest BCUT2D eigenvalue weighted by atomic mass is 10.1. The lowest BCUT2D eigenvalue weighted by molar-refractivity contribution is -0.143. The second-order valence-electron chi connectivity index (χ2n) is 3.26. The van der Waals surface area contributed by atoms with E-state index in [0.29, 0.717) is 6.07 Å². The lowest BCUT2D eigenvalue weighted by Crippen LogP contribution is -2.13. The summed E-state index contributed by atoms with van der Waals surface area (Å²) < 4.78 is 55.1. The van der Waals surface area contributed by atoms with Crippen molar-refractivity contribution in [1.82, 2.24) is 0 Å². The maximum atomic E-state index is 13.4. The summed E-state index contributed by atoms with van der Waals surface area (Å²) in [6.45, 7) is 1.65. The Hall–Kier alpha value is -1.59. The lowest BCUT2D eigenvalue weighted by Gasteiger charge is -2.10. The molecule has 1 aromatic rings. The predicted molar refractivity (Wildman–Crippen MR) is 51.7 cm³/mol. The highest BCUT2D eigenvalue weighted by Gasteiger charge is 2.34. The summed E-state index contributed by atoms with van der Waals surface area (Å²) in [5.74, 6) is -2.18. The first-order valence-electron chi connectivity index (χ1n) is 4.86. The van der Waals surface area contributed by atoms with Gasteiger partial charge in [0.1, 0.15) is 5.82 Å². The molecule has 6 heteroatoms. The van der Waals surface area contributed by atoms with E-state index in [1.54, 1.807) is 6.92 Å². The minimum Gasteiger partial charge on any atom is -0.466 e. The fraction of sp³-hybridized carbons (Fsp3) is 0.364. The van der Waals surface area contributed by atoms with Gasteiger partial charge in [0, 0.05) is 0 Å². The molecule has 94 valence electrons. The van der Waals surface area contributed by atoms with E-state index < -0.39 is 29.9 Å². The van der Waals surface area contributed by atoms with Crippen LogP contribution in [0.3, 0.4) is 0 Å². The van der Waals surface area contributed by atoms with Crippen molar-refractivity contribution in [2.45, 2.75) is 19.5 Å². The van der Waals surface area contributed by atoms with Gasteiger partial charge >= 0.3 is 12.1 Å². The Balaban J connectivity index is 2.99. The zero-order valence-electron chi connectivity index (χ0n) is 8.97. The van der Waals surface area contributed by atoms with Gasteiger partial charge in [0.2, 0.25) is 0 Å². The van der Waals surface area contributed by atoms with Crippen LogP contribution in [-0.4, -0.2) is 12.6 Å². The number of carbonyl (C=O) groups is 1. The predicted octanol–water partition coefficient (Wildman–Crippen LogP) is 2.95. The molecule has 0 saturated heterocycles. The smallest absolute Gasteiger partial charge is 0.419 e. The highest BCUT2D eigenvalue weighted by molar-refractivity contribution is 5.72. The molecular weight excluding hydrogens is 240 g/mol. The van der Waals surface area contributed by atoms with Crippen LogP contribution in [0.25, 0.3) is 0 Å². The largest absolute Gasteiger partial charge is 0.466 e. The number of halogens is 4. The zero-order valence-corrected chi connectivity index (χ0v) is 8.97. The van der Waals surface area contributed by atoms with Gasteiger partial charge in [-0.05, 0) is 18.6 Å². The molecule has 0 aliphatic rings. The normalized spacial score (nSPS) is 11.4. The minimum absolute atomic E-state index is 0.0966. The molecule has 0 saturated carbocycles. The Morgan fingerprint density at radius 3 is 2.53 bits per heavy atom. The summed E-state index contributed by atoms with van der Waals surface area (Å²) in [7, 11) is 0. The average Bonchev–Trinajstić information content (AvgIpc) is 2.19. The van der Waals surface area contributed by atoms with Gasteiger partial charge in [-0.15, -0.1) is 0 Å². The van der Waals surface area contributed by atoms with Gasteiger partial charge in [-0.25, -0.2) is 4.39 Å². The Kier molecular flexibility index (Phi) is 4.09. The van der Waals surface area contributed by atoms with Crippen molar-refractivity contribution < 1.29 is 27.1 Å². The molecule has 0 unspecified atom stereocenters. The number of ether oxygens (including phenoxy) is 1. The van der Waals surface area contributed by atoms with Crippen LogP contribution in [0.1, 0.15) is 18.1 Å². The van der Waals surface area contributed by atoms with Crippen molar-refractivity contribution in [3.05, 3.63) is 35.1 Å². The van der Waals surface area contributed by atoms with Crippen LogP contribution in [0.2, 0.25) is 0 Å². The van der Waals surface area contributed by atoms with E-state index in [-0.39, 0.29) is 12.2 Å². The Morgan fingerprint density at radius 1 is 1.35 bits per heavy atom. The van der Waals surface area contributed by atoms with Gasteiger partial charge in [-0.2, -0.15) is 13.2 Å². The molecule has 2 nitrogen and oxygen atoms in total. The molecular formula is C11H10F4O2. The van der Waals surface area contributed by atoms with Crippen LogP contribution in [0.15, 0.2) is 18.2 Å². The van der Waals surface area contributed by atoms with E-state index in [9.17, 15) is 22.4 Å². The van der Waals surface area contributed by atoms with E-state index in [2.05, 4.69) is 4.74 Å². The van der Waals surface area contributed by atoms with Crippen molar-refractivity contribution in [1.29, 1.82) is 0 Å². The van der Waals surface area contributed by atoms with Gasteiger partial charge in [0.25, 0.3) is 0 Å².